The molecule has 0 aliphatic carbocycles. The van der Waals surface area contributed by atoms with Crippen LogP contribution in [0.25, 0.3) is 0 Å². The van der Waals surface area contributed by atoms with Crippen LogP contribution < -0.4 is 10.6 Å². The quantitative estimate of drug-likeness (QED) is 0.655. The summed E-state index contributed by atoms with van der Waals surface area (Å²) in [5.74, 6) is -1.55. The Morgan fingerprint density at radius 1 is 1.29 bits per heavy atom. The van der Waals surface area contributed by atoms with Gasteiger partial charge >= 0.3 is 11.8 Å². The van der Waals surface area contributed by atoms with E-state index in [1.165, 1.54) is 18.2 Å². The van der Waals surface area contributed by atoms with Crippen LogP contribution in [-0.2, 0) is 9.59 Å². The Labute approximate surface area is 109 Å². The Kier molecular flexibility index (Phi) is 5.00. The Morgan fingerprint density at radius 3 is 2.59 bits per heavy atom. The molecule has 6 heteroatoms. The summed E-state index contributed by atoms with van der Waals surface area (Å²) in [5.41, 5.74) is 0.329. The van der Waals surface area contributed by atoms with Crippen LogP contribution in [-0.4, -0.2) is 18.4 Å². The number of hydrogen-bond acceptors (Lipinski definition) is 2. The van der Waals surface area contributed by atoms with Crippen molar-refractivity contribution in [1.29, 1.82) is 0 Å². The second-order valence-corrected chi connectivity index (χ2v) is 3.92. The third kappa shape index (κ3) is 4.09. The molecule has 0 saturated carbocycles. The summed E-state index contributed by atoms with van der Waals surface area (Å²) in [6.45, 7) is 3.64. The highest BCUT2D eigenvalue weighted by molar-refractivity contribution is 6.42. The summed E-state index contributed by atoms with van der Waals surface area (Å²) in [5, 5.41) is 5.43. The maximum Gasteiger partial charge on any atom is 0.313 e. The monoisotopic (exact) mass is 272 g/mol. The van der Waals surface area contributed by atoms with Gasteiger partial charge in [-0.05, 0) is 18.2 Å². The SMILES string of the molecule is C=CCNC(=O)C(=O)Nc1ccc(Cl)cc1Cl. The minimum absolute atomic E-state index is 0.223. The van der Waals surface area contributed by atoms with Gasteiger partial charge in [0.15, 0.2) is 0 Å². The van der Waals surface area contributed by atoms with E-state index in [1.807, 2.05) is 0 Å². The van der Waals surface area contributed by atoms with Crippen LogP contribution in [0.5, 0.6) is 0 Å². The first-order valence-corrected chi connectivity index (χ1v) is 5.45. The molecule has 2 N–H and O–H groups in total. The lowest BCUT2D eigenvalue weighted by molar-refractivity contribution is -0.136. The van der Waals surface area contributed by atoms with Crippen molar-refractivity contribution in [1.82, 2.24) is 5.32 Å². The van der Waals surface area contributed by atoms with E-state index >= 15 is 0 Å². The predicted octanol–water partition coefficient (Wildman–Crippen LogP) is 2.23. The molecule has 0 aliphatic rings. The van der Waals surface area contributed by atoms with E-state index in [9.17, 15) is 9.59 Å². The summed E-state index contributed by atoms with van der Waals surface area (Å²) in [6.07, 6.45) is 1.47. The van der Waals surface area contributed by atoms with E-state index in [0.29, 0.717) is 10.7 Å². The Hall–Kier alpha value is -1.52. The molecule has 0 radical (unpaired) electrons. The summed E-state index contributed by atoms with van der Waals surface area (Å²) in [6, 6.07) is 4.55. The van der Waals surface area contributed by atoms with Crippen LogP contribution in [0.4, 0.5) is 5.69 Å². The summed E-state index contributed by atoms with van der Waals surface area (Å²) < 4.78 is 0. The number of benzene rings is 1. The molecule has 0 fully saturated rings. The van der Waals surface area contributed by atoms with E-state index in [-0.39, 0.29) is 11.6 Å². The minimum atomic E-state index is -0.795. The fourth-order valence-corrected chi connectivity index (χ4v) is 1.47. The van der Waals surface area contributed by atoms with Gasteiger partial charge in [0, 0.05) is 11.6 Å². The molecule has 1 rings (SSSR count). The average Bonchev–Trinajstić information content (AvgIpc) is 2.29. The van der Waals surface area contributed by atoms with Crippen LogP contribution in [0, 0.1) is 0 Å². The molecule has 0 saturated heterocycles. The second kappa shape index (κ2) is 6.27. The molecule has 0 bridgehead atoms. The van der Waals surface area contributed by atoms with E-state index in [4.69, 9.17) is 23.2 Å². The van der Waals surface area contributed by atoms with Crippen molar-refractivity contribution in [3.05, 3.63) is 40.9 Å². The van der Waals surface area contributed by atoms with Gasteiger partial charge in [-0.25, -0.2) is 0 Å². The van der Waals surface area contributed by atoms with Crippen LogP contribution in [0.3, 0.4) is 0 Å². The number of carbonyl (C=O) groups is 2. The van der Waals surface area contributed by atoms with Crippen molar-refractivity contribution in [2.45, 2.75) is 0 Å². The number of hydrogen-bond donors (Lipinski definition) is 2. The van der Waals surface area contributed by atoms with Gasteiger partial charge in [-0.1, -0.05) is 29.3 Å². The fourth-order valence-electron chi connectivity index (χ4n) is 1.02. The number of amides is 2. The molecule has 17 heavy (non-hydrogen) atoms. The smallest absolute Gasteiger partial charge is 0.313 e. The lowest BCUT2D eigenvalue weighted by Crippen LogP contribution is -2.35. The topological polar surface area (TPSA) is 58.2 Å². The number of carbonyl (C=O) groups excluding carboxylic acids is 2. The van der Waals surface area contributed by atoms with Crippen LogP contribution >= 0.6 is 23.2 Å². The minimum Gasteiger partial charge on any atom is -0.344 e. The molecule has 90 valence electrons. The summed E-state index contributed by atoms with van der Waals surface area (Å²) in [4.78, 5) is 22.7. The molecule has 0 atom stereocenters. The van der Waals surface area contributed by atoms with E-state index in [1.54, 1.807) is 6.07 Å². The molecule has 0 unspecified atom stereocenters. The first-order chi connectivity index (χ1) is 8.04. The molecule has 1 aromatic rings. The highest BCUT2D eigenvalue weighted by atomic mass is 35.5. The Bertz CT molecular complexity index is 461. The van der Waals surface area contributed by atoms with Crippen LogP contribution in [0.1, 0.15) is 0 Å². The molecule has 2 amide bonds. The zero-order valence-corrected chi connectivity index (χ0v) is 10.3. The second-order valence-electron chi connectivity index (χ2n) is 3.08. The van der Waals surface area contributed by atoms with Gasteiger partial charge in [-0.15, -0.1) is 6.58 Å². The molecule has 4 nitrogen and oxygen atoms in total. The van der Waals surface area contributed by atoms with Crippen LogP contribution in [0.15, 0.2) is 30.9 Å². The molecule has 0 aromatic heterocycles. The largest absolute Gasteiger partial charge is 0.344 e. The van der Waals surface area contributed by atoms with E-state index in [2.05, 4.69) is 17.2 Å². The van der Waals surface area contributed by atoms with Crippen molar-refractivity contribution in [3.8, 4) is 0 Å². The highest BCUT2D eigenvalue weighted by Gasteiger charge is 2.13. The lowest BCUT2D eigenvalue weighted by atomic mass is 10.3. The molecular weight excluding hydrogens is 263 g/mol. The van der Waals surface area contributed by atoms with E-state index in [0.717, 1.165) is 0 Å². The van der Waals surface area contributed by atoms with Gasteiger partial charge in [0.05, 0.1) is 10.7 Å². The summed E-state index contributed by atoms with van der Waals surface area (Å²) in [7, 11) is 0. The van der Waals surface area contributed by atoms with Gasteiger partial charge in [0.25, 0.3) is 0 Å². The van der Waals surface area contributed by atoms with Crippen molar-refractivity contribution in [2.24, 2.45) is 0 Å². The third-order valence-corrected chi connectivity index (χ3v) is 2.34. The predicted molar refractivity (Wildman–Crippen MR) is 68.3 cm³/mol. The molecule has 0 spiro atoms. The van der Waals surface area contributed by atoms with Gasteiger partial charge in [-0.3, -0.25) is 9.59 Å². The van der Waals surface area contributed by atoms with Gasteiger partial charge in [-0.2, -0.15) is 0 Å². The maximum atomic E-state index is 11.4. The first-order valence-electron chi connectivity index (χ1n) is 4.69. The zero-order chi connectivity index (χ0) is 12.8. The number of halogens is 2. The van der Waals surface area contributed by atoms with Crippen molar-refractivity contribution in [2.75, 3.05) is 11.9 Å². The third-order valence-electron chi connectivity index (χ3n) is 1.79. The maximum absolute atomic E-state index is 11.4. The number of nitrogens with one attached hydrogen (secondary N) is 2. The zero-order valence-electron chi connectivity index (χ0n) is 8.80. The average molecular weight is 273 g/mol. The van der Waals surface area contributed by atoms with Gasteiger partial charge in [0.2, 0.25) is 0 Å². The standard InChI is InChI=1S/C11H10Cl2N2O2/c1-2-5-14-10(16)11(17)15-9-4-3-7(12)6-8(9)13/h2-4,6H,1,5H2,(H,14,16)(H,15,17). The first kappa shape index (κ1) is 13.5. The highest BCUT2D eigenvalue weighted by Crippen LogP contribution is 2.25. The summed E-state index contributed by atoms with van der Waals surface area (Å²) >= 11 is 11.5. The fraction of sp³-hybridized carbons (Fsp3) is 0.0909. The molecule has 1 aromatic carbocycles. The molecular formula is C11H10Cl2N2O2. The van der Waals surface area contributed by atoms with E-state index < -0.39 is 11.8 Å². The van der Waals surface area contributed by atoms with Crippen molar-refractivity contribution >= 4 is 40.7 Å². The van der Waals surface area contributed by atoms with Crippen molar-refractivity contribution < 1.29 is 9.59 Å². The Balaban J connectivity index is 2.67. The Morgan fingerprint density at radius 2 is 2.00 bits per heavy atom. The number of rotatable bonds is 3. The normalized spacial score (nSPS) is 9.53. The van der Waals surface area contributed by atoms with Crippen molar-refractivity contribution in [3.63, 3.8) is 0 Å². The molecule has 0 aliphatic heterocycles. The van der Waals surface area contributed by atoms with Gasteiger partial charge < -0.3 is 10.6 Å². The number of anilines is 1. The molecule has 0 heterocycles. The lowest BCUT2D eigenvalue weighted by Gasteiger charge is -2.07. The van der Waals surface area contributed by atoms with Crippen LogP contribution in [0.2, 0.25) is 10.0 Å². The van der Waals surface area contributed by atoms with Gasteiger partial charge in [0.1, 0.15) is 0 Å².